The van der Waals surface area contributed by atoms with Crippen molar-refractivity contribution in [1.29, 1.82) is 0 Å². The third kappa shape index (κ3) is 3.58. The number of hydrogen-bond donors (Lipinski definition) is 3. The normalized spacial score (nSPS) is 28.2. The topological polar surface area (TPSA) is 110 Å². The average molecular weight is 435 g/mol. The Kier molecular flexibility index (Phi) is 5.10. The fourth-order valence-corrected chi connectivity index (χ4v) is 5.19. The molecule has 160 valence electrons. The number of anilines is 1. The number of nitrogens with two attached hydrogens (primary N) is 1. The van der Waals surface area contributed by atoms with E-state index in [0.717, 1.165) is 31.4 Å². The van der Waals surface area contributed by atoms with Crippen LogP contribution in [0.4, 0.5) is 10.1 Å². The number of nitrogens with zero attached hydrogens (tertiary/aromatic N) is 2. The van der Waals surface area contributed by atoms with Crippen molar-refractivity contribution >= 4 is 29.1 Å². The molecule has 1 aromatic carbocycles. The molecule has 2 aliphatic rings. The predicted octanol–water partition coefficient (Wildman–Crippen LogP) is 3.12. The first-order valence-corrected chi connectivity index (χ1v) is 10.3. The summed E-state index contributed by atoms with van der Waals surface area (Å²) in [6, 6.07) is 4.02. The van der Waals surface area contributed by atoms with Crippen LogP contribution in [-0.4, -0.2) is 32.1 Å². The maximum atomic E-state index is 13.4. The summed E-state index contributed by atoms with van der Waals surface area (Å²) in [6.45, 7) is 0. The van der Waals surface area contributed by atoms with Gasteiger partial charge >= 0.3 is 0 Å². The van der Waals surface area contributed by atoms with Crippen molar-refractivity contribution in [3.8, 4) is 0 Å². The lowest BCUT2D eigenvalue weighted by molar-refractivity contribution is -0.171. The number of aliphatic hydroxyl groups is 1. The zero-order valence-electron chi connectivity index (χ0n) is 16.6. The summed E-state index contributed by atoms with van der Waals surface area (Å²) in [4.78, 5) is 28.8. The number of nitrogens with one attached hydrogen (secondary N) is 1. The minimum atomic E-state index is -1.38. The number of carbonyl (C=O) groups excluding carboxylic acids is 2. The third-order valence-corrected chi connectivity index (χ3v) is 6.87. The minimum Gasteiger partial charge on any atom is -0.380 e. The molecule has 1 aromatic heterocycles. The molecule has 1 heterocycles. The third-order valence-electron chi connectivity index (χ3n) is 6.58. The van der Waals surface area contributed by atoms with E-state index in [0.29, 0.717) is 24.2 Å². The largest absolute Gasteiger partial charge is 0.380 e. The van der Waals surface area contributed by atoms with Crippen LogP contribution in [0.2, 0.25) is 5.02 Å². The first-order valence-electron chi connectivity index (χ1n) is 9.92. The van der Waals surface area contributed by atoms with Crippen LogP contribution in [0, 0.1) is 11.2 Å². The van der Waals surface area contributed by atoms with Crippen molar-refractivity contribution in [1.82, 2.24) is 9.55 Å². The standard InChI is InChI=1S/C21H24ClFN4O3/c1-27-11-25-16(17(27)18(28)26-13-2-3-15(23)14(22)8-13)12-4-6-20(7-5-12)9-21(30,10-20)19(24)29/h2-3,8,11-12,30H,4-7,9-10H2,1H3,(H2,24,29)(H,26,28). The average Bonchev–Trinajstić information content (AvgIpc) is 3.05. The lowest BCUT2D eigenvalue weighted by Crippen LogP contribution is -2.60. The van der Waals surface area contributed by atoms with Crippen molar-refractivity contribution in [3.63, 3.8) is 0 Å². The Morgan fingerprint density at radius 1 is 1.33 bits per heavy atom. The van der Waals surface area contributed by atoms with E-state index in [4.69, 9.17) is 17.3 Å². The minimum absolute atomic E-state index is 0.0532. The second-order valence-corrected chi connectivity index (χ2v) is 9.10. The molecule has 0 atom stereocenters. The van der Waals surface area contributed by atoms with Crippen molar-refractivity contribution in [2.75, 3.05) is 5.32 Å². The highest BCUT2D eigenvalue weighted by molar-refractivity contribution is 6.31. The number of amides is 2. The summed E-state index contributed by atoms with van der Waals surface area (Å²) >= 11 is 5.80. The maximum Gasteiger partial charge on any atom is 0.274 e. The summed E-state index contributed by atoms with van der Waals surface area (Å²) in [5.41, 5.74) is 5.46. The highest BCUT2D eigenvalue weighted by Gasteiger charge is 2.57. The summed E-state index contributed by atoms with van der Waals surface area (Å²) in [5, 5.41) is 12.9. The fraction of sp³-hybridized carbons (Fsp3) is 0.476. The zero-order chi connectivity index (χ0) is 21.7. The Bertz CT molecular complexity index is 1010. The number of imidazole rings is 1. The predicted molar refractivity (Wildman–Crippen MR) is 110 cm³/mol. The molecule has 0 saturated heterocycles. The number of hydrogen-bond acceptors (Lipinski definition) is 4. The van der Waals surface area contributed by atoms with Crippen molar-refractivity contribution in [2.45, 2.75) is 50.0 Å². The number of benzene rings is 1. The van der Waals surface area contributed by atoms with Gasteiger partial charge in [0, 0.05) is 18.7 Å². The second kappa shape index (κ2) is 7.35. The van der Waals surface area contributed by atoms with Gasteiger partial charge in [-0.3, -0.25) is 9.59 Å². The van der Waals surface area contributed by atoms with Gasteiger partial charge in [-0.2, -0.15) is 0 Å². The molecule has 0 bridgehead atoms. The van der Waals surface area contributed by atoms with Crippen molar-refractivity contribution < 1.29 is 19.1 Å². The highest BCUT2D eigenvalue weighted by atomic mass is 35.5. The van der Waals surface area contributed by atoms with Crippen molar-refractivity contribution in [3.05, 3.63) is 46.8 Å². The Balaban J connectivity index is 1.46. The zero-order valence-corrected chi connectivity index (χ0v) is 17.4. The molecule has 30 heavy (non-hydrogen) atoms. The summed E-state index contributed by atoms with van der Waals surface area (Å²) in [6.07, 6.45) is 5.74. The Morgan fingerprint density at radius 2 is 2.00 bits per heavy atom. The van der Waals surface area contributed by atoms with Gasteiger partial charge in [0.15, 0.2) is 0 Å². The van der Waals surface area contributed by atoms with Crippen LogP contribution in [0.15, 0.2) is 24.5 Å². The SMILES string of the molecule is Cn1cnc(C2CCC3(CC2)CC(O)(C(N)=O)C3)c1C(=O)Nc1ccc(F)c(Cl)c1. The van der Waals surface area contributed by atoms with Crippen LogP contribution in [-0.2, 0) is 11.8 Å². The number of aryl methyl sites for hydroxylation is 1. The van der Waals surface area contributed by atoms with Gasteiger partial charge < -0.3 is 20.7 Å². The number of aromatic nitrogens is 2. The number of carbonyl (C=O) groups is 2. The number of primary amides is 1. The highest BCUT2D eigenvalue weighted by Crippen LogP contribution is 2.58. The van der Waals surface area contributed by atoms with Crippen LogP contribution < -0.4 is 11.1 Å². The van der Waals surface area contributed by atoms with Crippen LogP contribution in [0.1, 0.15) is 60.6 Å². The molecule has 9 heteroatoms. The smallest absolute Gasteiger partial charge is 0.274 e. The van der Waals surface area contributed by atoms with Gasteiger partial charge in [-0.25, -0.2) is 9.37 Å². The molecular formula is C21H24ClFN4O3. The molecule has 2 amide bonds. The molecule has 4 N–H and O–H groups in total. The van der Waals surface area contributed by atoms with E-state index in [1.807, 2.05) is 0 Å². The van der Waals surface area contributed by atoms with Crippen LogP contribution >= 0.6 is 11.6 Å². The van der Waals surface area contributed by atoms with Gasteiger partial charge in [0.25, 0.3) is 5.91 Å². The lowest BCUT2D eigenvalue weighted by atomic mass is 9.52. The van der Waals surface area contributed by atoms with Gasteiger partial charge in [-0.1, -0.05) is 11.6 Å². The monoisotopic (exact) mass is 434 g/mol. The van der Waals surface area contributed by atoms with E-state index in [9.17, 15) is 19.1 Å². The van der Waals surface area contributed by atoms with E-state index >= 15 is 0 Å². The first-order chi connectivity index (χ1) is 14.1. The molecule has 4 rings (SSSR count). The lowest BCUT2D eigenvalue weighted by Gasteiger charge is -2.54. The molecule has 0 radical (unpaired) electrons. The maximum absolute atomic E-state index is 13.4. The van der Waals surface area contributed by atoms with Crippen molar-refractivity contribution in [2.24, 2.45) is 18.2 Å². The number of rotatable bonds is 4. The summed E-state index contributed by atoms with van der Waals surface area (Å²) < 4.78 is 15.0. The fourth-order valence-electron chi connectivity index (χ4n) is 5.01. The Hall–Kier alpha value is -2.45. The Labute approximate surface area is 178 Å². The molecule has 2 fully saturated rings. The molecule has 2 saturated carbocycles. The van der Waals surface area contributed by atoms with Crippen LogP contribution in [0.3, 0.4) is 0 Å². The summed E-state index contributed by atoms with van der Waals surface area (Å²) in [5.74, 6) is -1.43. The van der Waals surface area contributed by atoms with Gasteiger partial charge in [0.05, 0.1) is 17.0 Å². The molecule has 7 nitrogen and oxygen atoms in total. The van der Waals surface area contributed by atoms with Gasteiger partial charge in [-0.15, -0.1) is 0 Å². The van der Waals surface area contributed by atoms with Gasteiger partial charge in [-0.05, 0) is 62.1 Å². The van der Waals surface area contributed by atoms with Gasteiger partial charge in [0.2, 0.25) is 5.91 Å². The van der Waals surface area contributed by atoms with E-state index in [1.165, 1.54) is 18.2 Å². The Morgan fingerprint density at radius 3 is 2.60 bits per heavy atom. The van der Waals surface area contributed by atoms with Crippen LogP contribution in [0.25, 0.3) is 0 Å². The van der Waals surface area contributed by atoms with E-state index in [1.54, 1.807) is 17.9 Å². The summed E-state index contributed by atoms with van der Waals surface area (Å²) in [7, 11) is 1.76. The molecule has 1 spiro atoms. The van der Waals surface area contributed by atoms with E-state index in [2.05, 4.69) is 10.3 Å². The first kappa shape index (κ1) is 20.8. The molecule has 2 aromatic rings. The molecule has 2 aliphatic carbocycles. The van der Waals surface area contributed by atoms with E-state index in [-0.39, 0.29) is 22.3 Å². The second-order valence-electron chi connectivity index (χ2n) is 8.70. The van der Waals surface area contributed by atoms with Crippen LogP contribution in [0.5, 0.6) is 0 Å². The van der Waals surface area contributed by atoms with E-state index < -0.39 is 17.3 Å². The van der Waals surface area contributed by atoms with Gasteiger partial charge in [0.1, 0.15) is 17.1 Å². The molecule has 0 unspecified atom stereocenters. The molecular weight excluding hydrogens is 411 g/mol. The number of halogens is 2. The quantitative estimate of drug-likeness (QED) is 0.686. The molecule has 0 aliphatic heterocycles.